The van der Waals surface area contributed by atoms with Crippen LogP contribution in [-0.2, 0) is 9.59 Å². The summed E-state index contributed by atoms with van der Waals surface area (Å²) in [6.45, 7) is 4.05. The Kier molecular flexibility index (Phi) is 4.01. The number of nitrogens with one attached hydrogen (secondary N) is 2. The van der Waals surface area contributed by atoms with Gasteiger partial charge in [0.2, 0.25) is 11.8 Å². The molecule has 2 heterocycles. The van der Waals surface area contributed by atoms with Gasteiger partial charge in [-0.3, -0.25) is 9.59 Å². The molecule has 130 valence electrons. The molecule has 3 aromatic rings. The topological polar surface area (TPSA) is 78.1 Å². The Morgan fingerprint density at radius 1 is 1.19 bits per heavy atom. The first-order chi connectivity index (χ1) is 12.7. The molecule has 2 N–H and O–H groups in total. The van der Waals surface area contributed by atoms with Gasteiger partial charge in [-0.25, -0.2) is 4.98 Å². The van der Waals surface area contributed by atoms with Crippen LogP contribution in [-0.4, -0.2) is 39.3 Å². The van der Waals surface area contributed by atoms with Crippen molar-refractivity contribution in [3.63, 3.8) is 0 Å². The van der Waals surface area contributed by atoms with Gasteiger partial charge in [0.15, 0.2) is 0 Å². The van der Waals surface area contributed by atoms with Gasteiger partial charge in [-0.1, -0.05) is 18.7 Å². The predicted molar refractivity (Wildman–Crippen MR) is 100 cm³/mol. The number of fused-ring (bicyclic) bond motifs is 1. The monoisotopic (exact) mass is 346 g/mol. The lowest BCUT2D eigenvalue weighted by Gasteiger charge is -2.38. The molecule has 1 saturated heterocycles. The van der Waals surface area contributed by atoms with Crippen LogP contribution in [0.15, 0.2) is 61.2 Å². The van der Waals surface area contributed by atoms with Crippen LogP contribution in [0.5, 0.6) is 0 Å². The highest BCUT2D eigenvalue weighted by atomic mass is 16.2. The van der Waals surface area contributed by atoms with Gasteiger partial charge in [-0.2, -0.15) is 0 Å². The Balaban J connectivity index is 1.47. The van der Waals surface area contributed by atoms with E-state index >= 15 is 0 Å². The molecule has 26 heavy (non-hydrogen) atoms. The highest BCUT2D eigenvalue weighted by molar-refractivity contribution is 6.00. The third-order valence-corrected chi connectivity index (χ3v) is 4.60. The van der Waals surface area contributed by atoms with E-state index in [1.54, 1.807) is 0 Å². The average molecular weight is 346 g/mol. The van der Waals surface area contributed by atoms with E-state index in [2.05, 4.69) is 21.9 Å². The molecule has 2 aromatic carbocycles. The van der Waals surface area contributed by atoms with E-state index in [1.165, 1.54) is 11.0 Å². The normalized spacial score (nSPS) is 16.2. The molecule has 0 radical (unpaired) electrons. The maximum Gasteiger partial charge on any atom is 0.247 e. The quantitative estimate of drug-likeness (QED) is 0.713. The van der Waals surface area contributed by atoms with Crippen LogP contribution in [0.1, 0.15) is 6.42 Å². The summed E-state index contributed by atoms with van der Waals surface area (Å²) in [7, 11) is 0. The van der Waals surface area contributed by atoms with Crippen molar-refractivity contribution in [2.24, 2.45) is 0 Å². The molecular weight excluding hydrogens is 328 g/mol. The second-order valence-electron chi connectivity index (χ2n) is 6.21. The summed E-state index contributed by atoms with van der Waals surface area (Å²) in [6.07, 6.45) is 1.91. The number of aromatic amines is 1. The lowest BCUT2D eigenvalue weighted by atomic mass is 10.0. The number of imidazole rings is 1. The zero-order chi connectivity index (χ0) is 18.1. The number of anilines is 1. The minimum Gasteiger partial charge on any atom is -0.338 e. The van der Waals surface area contributed by atoms with Crippen molar-refractivity contribution in [2.45, 2.75) is 12.5 Å². The second-order valence-corrected chi connectivity index (χ2v) is 6.21. The summed E-state index contributed by atoms with van der Waals surface area (Å²) in [5, 5.41) is 2.86. The summed E-state index contributed by atoms with van der Waals surface area (Å²) in [4.78, 5) is 33.4. The third kappa shape index (κ3) is 2.86. The van der Waals surface area contributed by atoms with Gasteiger partial charge in [0.25, 0.3) is 0 Å². The number of aromatic nitrogens is 2. The van der Waals surface area contributed by atoms with Gasteiger partial charge in [-0.05, 0) is 48.9 Å². The van der Waals surface area contributed by atoms with Crippen LogP contribution >= 0.6 is 0 Å². The van der Waals surface area contributed by atoms with Crippen molar-refractivity contribution in [2.75, 3.05) is 11.9 Å². The molecule has 1 aromatic heterocycles. The lowest BCUT2D eigenvalue weighted by Crippen LogP contribution is -2.56. The minimum atomic E-state index is -0.421. The van der Waals surface area contributed by atoms with Gasteiger partial charge in [0.1, 0.15) is 11.9 Å². The standard InChI is InChI=1S/C20H18N4O2/c1-2-18(25)24-12-11-17(24)20(26)21-14-9-7-13(8-10-14)19-22-15-5-3-4-6-16(15)23-19/h2-10,17H,1,11-12H2,(H,21,26)(H,22,23)/t17-/m1/s1. The Hall–Kier alpha value is -3.41. The number of H-pyrrole nitrogens is 1. The number of amides is 2. The lowest BCUT2D eigenvalue weighted by molar-refractivity contribution is -0.141. The summed E-state index contributed by atoms with van der Waals surface area (Å²) in [5.74, 6) is 0.394. The number of nitrogens with zero attached hydrogens (tertiary/aromatic N) is 2. The Labute approximate surface area is 150 Å². The highest BCUT2D eigenvalue weighted by Crippen LogP contribution is 2.23. The van der Waals surface area contributed by atoms with E-state index in [-0.39, 0.29) is 11.8 Å². The summed E-state index contributed by atoms with van der Waals surface area (Å²) in [5.41, 5.74) is 3.52. The van der Waals surface area contributed by atoms with E-state index in [0.717, 1.165) is 22.4 Å². The predicted octanol–water partition coefficient (Wildman–Crippen LogP) is 2.96. The first-order valence-electron chi connectivity index (χ1n) is 8.45. The molecule has 4 rings (SSSR count). The van der Waals surface area contributed by atoms with E-state index < -0.39 is 6.04 Å². The van der Waals surface area contributed by atoms with Gasteiger partial charge in [-0.15, -0.1) is 0 Å². The van der Waals surface area contributed by atoms with E-state index in [4.69, 9.17) is 0 Å². The first-order valence-corrected chi connectivity index (χ1v) is 8.45. The molecule has 1 aliphatic heterocycles. The number of carbonyl (C=O) groups is 2. The van der Waals surface area contributed by atoms with E-state index in [0.29, 0.717) is 18.7 Å². The third-order valence-electron chi connectivity index (χ3n) is 4.60. The molecule has 1 aliphatic rings. The van der Waals surface area contributed by atoms with Crippen LogP contribution in [0.3, 0.4) is 0 Å². The van der Waals surface area contributed by atoms with Crippen molar-refractivity contribution < 1.29 is 9.59 Å². The van der Waals surface area contributed by atoms with E-state index in [1.807, 2.05) is 48.5 Å². The Morgan fingerprint density at radius 2 is 1.96 bits per heavy atom. The van der Waals surface area contributed by atoms with Crippen LogP contribution in [0.4, 0.5) is 5.69 Å². The molecule has 0 aliphatic carbocycles. The molecule has 0 spiro atoms. The SMILES string of the molecule is C=CC(=O)N1CC[C@@H]1C(=O)Nc1ccc(-c2nc3ccccc3[nH]2)cc1. The fourth-order valence-corrected chi connectivity index (χ4v) is 3.07. The Bertz CT molecular complexity index is 957. The molecule has 0 bridgehead atoms. The zero-order valence-electron chi connectivity index (χ0n) is 14.1. The number of hydrogen-bond donors (Lipinski definition) is 2. The van der Waals surface area contributed by atoms with Crippen molar-refractivity contribution in [3.8, 4) is 11.4 Å². The summed E-state index contributed by atoms with van der Waals surface area (Å²) < 4.78 is 0. The number of rotatable bonds is 4. The minimum absolute atomic E-state index is 0.178. The second kappa shape index (κ2) is 6.48. The summed E-state index contributed by atoms with van der Waals surface area (Å²) >= 11 is 0. The van der Waals surface area contributed by atoms with E-state index in [9.17, 15) is 9.59 Å². The maximum atomic E-state index is 12.3. The number of para-hydroxylation sites is 2. The van der Waals surface area contributed by atoms with Gasteiger partial charge < -0.3 is 15.2 Å². The molecule has 1 fully saturated rings. The van der Waals surface area contributed by atoms with Crippen LogP contribution in [0.2, 0.25) is 0 Å². The van der Waals surface area contributed by atoms with Gasteiger partial charge >= 0.3 is 0 Å². The van der Waals surface area contributed by atoms with Crippen LogP contribution in [0.25, 0.3) is 22.4 Å². The number of likely N-dealkylation sites (tertiary alicyclic amines) is 1. The van der Waals surface area contributed by atoms with Gasteiger partial charge in [0, 0.05) is 17.8 Å². The smallest absolute Gasteiger partial charge is 0.247 e. The largest absolute Gasteiger partial charge is 0.338 e. The van der Waals surface area contributed by atoms with Crippen LogP contribution in [0, 0.1) is 0 Å². The fraction of sp³-hybridized carbons (Fsp3) is 0.150. The first kappa shape index (κ1) is 16.1. The van der Waals surface area contributed by atoms with Gasteiger partial charge in [0.05, 0.1) is 11.0 Å². The highest BCUT2D eigenvalue weighted by Gasteiger charge is 2.36. The van der Waals surface area contributed by atoms with Crippen LogP contribution < -0.4 is 5.32 Å². The molecule has 2 amide bonds. The molecule has 1 atom stereocenters. The van der Waals surface area contributed by atoms with Crippen molar-refractivity contribution in [1.29, 1.82) is 0 Å². The molecule has 0 unspecified atom stereocenters. The molecule has 0 saturated carbocycles. The van der Waals surface area contributed by atoms with Crippen molar-refractivity contribution >= 4 is 28.5 Å². The summed E-state index contributed by atoms with van der Waals surface area (Å²) in [6, 6.07) is 14.9. The van der Waals surface area contributed by atoms with Crippen molar-refractivity contribution in [1.82, 2.24) is 14.9 Å². The maximum absolute atomic E-state index is 12.3. The Morgan fingerprint density at radius 3 is 2.62 bits per heavy atom. The molecule has 6 nitrogen and oxygen atoms in total. The zero-order valence-corrected chi connectivity index (χ0v) is 14.1. The van der Waals surface area contributed by atoms with Crippen molar-refractivity contribution in [3.05, 3.63) is 61.2 Å². The molecular formula is C20H18N4O2. The molecule has 6 heteroatoms. The number of carbonyl (C=O) groups excluding carboxylic acids is 2. The number of benzene rings is 2. The average Bonchev–Trinajstić information content (AvgIpc) is 3.05. The number of hydrogen-bond acceptors (Lipinski definition) is 3. The fourth-order valence-electron chi connectivity index (χ4n) is 3.07.